The average Bonchev–Trinajstić information content (AvgIpc) is 2.44. The Kier molecular flexibility index (Phi) is 6.56. The zero-order chi connectivity index (χ0) is 15.2. The fourth-order valence-electron chi connectivity index (χ4n) is 1.96. The summed E-state index contributed by atoms with van der Waals surface area (Å²) >= 11 is 1.68. The highest BCUT2D eigenvalue weighted by atomic mass is 32.2. The number of carbonyl (C=O) groups excluding carboxylic acids is 1. The molecule has 0 aliphatic carbocycles. The molecule has 0 saturated carbocycles. The maximum Gasteiger partial charge on any atom is 0.235 e. The SMILES string of the molecule is CC(SCc1ccccc1)C(=O)N(C)CC(C)(C)CN. The van der Waals surface area contributed by atoms with E-state index in [2.05, 4.69) is 26.0 Å². The summed E-state index contributed by atoms with van der Waals surface area (Å²) in [5.74, 6) is 1.04. The summed E-state index contributed by atoms with van der Waals surface area (Å²) in [4.78, 5) is 14.1. The Hall–Kier alpha value is -1.00. The van der Waals surface area contributed by atoms with E-state index in [1.807, 2.05) is 32.2 Å². The highest BCUT2D eigenvalue weighted by molar-refractivity contribution is 7.99. The average molecular weight is 294 g/mol. The van der Waals surface area contributed by atoms with Gasteiger partial charge in [-0.2, -0.15) is 0 Å². The molecule has 4 heteroatoms. The molecule has 2 N–H and O–H groups in total. The molecule has 1 rings (SSSR count). The second-order valence-electron chi connectivity index (χ2n) is 6.00. The molecule has 112 valence electrons. The van der Waals surface area contributed by atoms with Crippen molar-refractivity contribution in [3.8, 4) is 0 Å². The van der Waals surface area contributed by atoms with Crippen LogP contribution in [0.3, 0.4) is 0 Å². The highest BCUT2D eigenvalue weighted by Gasteiger charge is 2.24. The van der Waals surface area contributed by atoms with Gasteiger partial charge in [0.15, 0.2) is 0 Å². The van der Waals surface area contributed by atoms with Crippen molar-refractivity contribution in [2.24, 2.45) is 11.1 Å². The number of hydrogen-bond acceptors (Lipinski definition) is 3. The summed E-state index contributed by atoms with van der Waals surface area (Å²) in [7, 11) is 1.86. The molecule has 1 aromatic rings. The minimum absolute atomic E-state index is 0.0335. The van der Waals surface area contributed by atoms with E-state index >= 15 is 0 Å². The Morgan fingerprint density at radius 2 is 1.95 bits per heavy atom. The third kappa shape index (κ3) is 5.55. The van der Waals surface area contributed by atoms with Gasteiger partial charge in [0.05, 0.1) is 5.25 Å². The zero-order valence-electron chi connectivity index (χ0n) is 12.9. The van der Waals surface area contributed by atoms with Crippen LogP contribution in [-0.2, 0) is 10.5 Å². The van der Waals surface area contributed by atoms with Gasteiger partial charge in [-0.1, -0.05) is 44.2 Å². The molecule has 1 amide bonds. The number of benzene rings is 1. The first-order valence-corrected chi connectivity index (χ1v) is 8.01. The summed E-state index contributed by atoms with van der Waals surface area (Å²) < 4.78 is 0. The van der Waals surface area contributed by atoms with E-state index in [1.165, 1.54) is 5.56 Å². The van der Waals surface area contributed by atoms with Crippen LogP contribution in [0.4, 0.5) is 0 Å². The number of carbonyl (C=O) groups is 1. The van der Waals surface area contributed by atoms with Crippen molar-refractivity contribution in [3.63, 3.8) is 0 Å². The topological polar surface area (TPSA) is 46.3 Å². The van der Waals surface area contributed by atoms with Gasteiger partial charge >= 0.3 is 0 Å². The number of nitrogens with two attached hydrogens (primary N) is 1. The maximum atomic E-state index is 12.3. The molecule has 0 aromatic heterocycles. The van der Waals surface area contributed by atoms with Crippen LogP contribution in [0.25, 0.3) is 0 Å². The Bertz CT molecular complexity index is 420. The Morgan fingerprint density at radius 1 is 1.35 bits per heavy atom. The van der Waals surface area contributed by atoms with Crippen LogP contribution in [0.2, 0.25) is 0 Å². The van der Waals surface area contributed by atoms with Crippen molar-refractivity contribution in [1.29, 1.82) is 0 Å². The van der Waals surface area contributed by atoms with Gasteiger partial charge in [-0.05, 0) is 24.4 Å². The lowest BCUT2D eigenvalue weighted by molar-refractivity contribution is -0.130. The molecule has 0 fully saturated rings. The summed E-state index contributed by atoms with van der Waals surface area (Å²) in [5, 5.41) is -0.0335. The van der Waals surface area contributed by atoms with Crippen LogP contribution in [0, 0.1) is 5.41 Å². The largest absolute Gasteiger partial charge is 0.344 e. The number of hydrogen-bond donors (Lipinski definition) is 1. The standard InChI is InChI=1S/C16H26N2OS/c1-13(20-10-14-8-6-5-7-9-14)15(19)18(4)12-16(2,3)11-17/h5-9,13H,10-12,17H2,1-4H3. The quantitative estimate of drug-likeness (QED) is 0.841. The second kappa shape index (κ2) is 7.70. The van der Waals surface area contributed by atoms with Gasteiger partial charge in [0, 0.05) is 19.3 Å². The smallest absolute Gasteiger partial charge is 0.235 e. The van der Waals surface area contributed by atoms with E-state index in [4.69, 9.17) is 5.73 Å². The van der Waals surface area contributed by atoms with Crippen LogP contribution in [0.5, 0.6) is 0 Å². The van der Waals surface area contributed by atoms with E-state index in [-0.39, 0.29) is 16.6 Å². The van der Waals surface area contributed by atoms with E-state index in [0.717, 1.165) is 5.75 Å². The molecular formula is C16H26N2OS. The van der Waals surface area contributed by atoms with Gasteiger partial charge in [0.1, 0.15) is 0 Å². The summed E-state index contributed by atoms with van der Waals surface area (Å²) in [6, 6.07) is 10.2. The molecule has 0 aliphatic heterocycles. The van der Waals surface area contributed by atoms with E-state index in [0.29, 0.717) is 13.1 Å². The monoisotopic (exact) mass is 294 g/mol. The van der Waals surface area contributed by atoms with Crippen LogP contribution in [0.1, 0.15) is 26.3 Å². The number of nitrogens with zero attached hydrogens (tertiary/aromatic N) is 1. The van der Waals surface area contributed by atoms with Crippen molar-refractivity contribution in [2.45, 2.75) is 31.8 Å². The first-order chi connectivity index (χ1) is 9.35. The molecule has 0 heterocycles. The summed E-state index contributed by atoms with van der Waals surface area (Å²) in [6.45, 7) is 7.41. The lowest BCUT2D eigenvalue weighted by atomic mass is 9.93. The van der Waals surface area contributed by atoms with Crippen molar-refractivity contribution in [3.05, 3.63) is 35.9 Å². The number of amides is 1. The number of thioether (sulfide) groups is 1. The van der Waals surface area contributed by atoms with Crippen LogP contribution < -0.4 is 5.73 Å². The minimum atomic E-state index is -0.0335. The minimum Gasteiger partial charge on any atom is -0.344 e. The van der Waals surface area contributed by atoms with E-state index in [9.17, 15) is 4.79 Å². The predicted octanol–water partition coefficient (Wildman–Crippen LogP) is 2.75. The molecule has 0 bridgehead atoms. The van der Waals surface area contributed by atoms with Crippen molar-refractivity contribution >= 4 is 17.7 Å². The Morgan fingerprint density at radius 3 is 2.50 bits per heavy atom. The van der Waals surface area contributed by atoms with Gasteiger partial charge in [-0.15, -0.1) is 11.8 Å². The normalized spacial score (nSPS) is 13.1. The fourth-order valence-corrected chi connectivity index (χ4v) is 2.92. The molecule has 0 radical (unpaired) electrons. The zero-order valence-corrected chi connectivity index (χ0v) is 13.7. The molecule has 1 atom stereocenters. The molecule has 0 saturated heterocycles. The predicted molar refractivity (Wildman–Crippen MR) is 87.7 cm³/mol. The number of rotatable bonds is 7. The summed E-state index contributed by atoms with van der Waals surface area (Å²) in [5.41, 5.74) is 6.94. The second-order valence-corrected chi connectivity index (χ2v) is 7.33. The van der Waals surface area contributed by atoms with Gasteiger partial charge in [-0.25, -0.2) is 0 Å². The lowest BCUT2D eigenvalue weighted by Crippen LogP contribution is -2.42. The third-order valence-electron chi connectivity index (χ3n) is 3.28. The van der Waals surface area contributed by atoms with E-state index in [1.54, 1.807) is 16.7 Å². The third-order valence-corrected chi connectivity index (χ3v) is 4.49. The molecule has 0 aliphatic rings. The van der Waals surface area contributed by atoms with Crippen molar-refractivity contribution < 1.29 is 4.79 Å². The van der Waals surface area contributed by atoms with Crippen LogP contribution in [0.15, 0.2) is 30.3 Å². The molecule has 3 nitrogen and oxygen atoms in total. The Balaban J connectivity index is 2.46. The van der Waals surface area contributed by atoms with E-state index < -0.39 is 0 Å². The first-order valence-electron chi connectivity index (χ1n) is 6.96. The molecule has 1 unspecified atom stereocenters. The molecule has 0 spiro atoms. The first kappa shape index (κ1) is 17.1. The van der Waals surface area contributed by atoms with Gasteiger partial charge in [0.25, 0.3) is 0 Å². The van der Waals surface area contributed by atoms with Crippen LogP contribution in [-0.4, -0.2) is 36.2 Å². The summed E-state index contributed by atoms with van der Waals surface area (Å²) in [6.07, 6.45) is 0. The van der Waals surface area contributed by atoms with Gasteiger partial charge < -0.3 is 10.6 Å². The lowest BCUT2D eigenvalue weighted by Gasteiger charge is -2.30. The molecule has 1 aromatic carbocycles. The Labute approximate surface area is 126 Å². The van der Waals surface area contributed by atoms with Gasteiger partial charge in [-0.3, -0.25) is 4.79 Å². The van der Waals surface area contributed by atoms with Gasteiger partial charge in [0.2, 0.25) is 5.91 Å². The van der Waals surface area contributed by atoms with Crippen molar-refractivity contribution in [1.82, 2.24) is 4.90 Å². The fraction of sp³-hybridized carbons (Fsp3) is 0.562. The van der Waals surface area contributed by atoms with Crippen molar-refractivity contribution in [2.75, 3.05) is 20.1 Å². The molecule has 20 heavy (non-hydrogen) atoms. The molecular weight excluding hydrogens is 268 g/mol. The maximum absolute atomic E-state index is 12.3. The van der Waals surface area contributed by atoms with Crippen LogP contribution >= 0.6 is 11.8 Å². The highest BCUT2D eigenvalue weighted by Crippen LogP contribution is 2.21.